The summed E-state index contributed by atoms with van der Waals surface area (Å²) in [5, 5.41) is 11.4. The smallest absolute Gasteiger partial charge is 0.322 e. The van der Waals surface area contributed by atoms with Crippen LogP contribution in [-0.4, -0.2) is 28.5 Å². The van der Waals surface area contributed by atoms with Crippen molar-refractivity contribution in [2.75, 3.05) is 17.7 Å². The van der Waals surface area contributed by atoms with Gasteiger partial charge in [-0.1, -0.05) is 36.3 Å². The number of hydrogen-bond acceptors (Lipinski definition) is 7. The van der Waals surface area contributed by atoms with E-state index in [1.165, 1.54) is 0 Å². The van der Waals surface area contributed by atoms with Gasteiger partial charge in [0.25, 0.3) is 11.8 Å². The molecule has 0 unspecified atom stereocenters. The van der Waals surface area contributed by atoms with Crippen molar-refractivity contribution < 1.29 is 18.4 Å². The van der Waals surface area contributed by atoms with Gasteiger partial charge < -0.3 is 13.6 Å². The average Bonchev–Trinajstić information content (AvgIpc) is 3.36. The molecule has 0 fully saturated rings. The summed E-state index contributed by atoms with van der Waals surface area (Å²) in [5.41, 5.74) is 1.17. The van der Waals surface area contributed by atoms with Gasteiger partial charge in [0, 0.05) is 10.3 Å². The van der Waals surface area contributed by atoms with Gasteiger partial charge in [-0.05, 0) is 36.9 Å². The van der Waals surface area contributed by atoms with E-state index in [1.54, 1.807) is 23.9 Å². The molecular weight excluding hydrogens is 390 g/mol. The van der Waals surface area contributed by atoms with E-state index < -0.39 is 0 Å². The summed E-state index contributed by atoms with van der Waals surface area (Å²) in [4.78, 5) is 13.5. The highest BCUT2D eigenvalue weighted by molar-refractivity contribution is 7.99. The normalized spacial score (nSPS) is 11.0. The summed E-state index contributed by atoms with van der Waals surface area (Å²) >= 11 is 1.60. The number of carbonyl (C=O) groups is 1. The second-order valence-corrected chi connectivity index (χ2v) is 7.32. The molecule has 1 amide bonds. The fraction of sp³-hybridized carbons (Fsp3) is 0.190. The van der Waals surface area contributed by atoms with Gasteiger partial charge in [0.05, 0.1) is 12.2 Å². The SMILES string of the molecule is CCOc1cccc2cc(-c3nnc(NC(=O)c4ccccc4SCC)o3)oc12. The number of rotatable bonds is 7. The third kappa shape index (κ3) is 3.97. The summed E-state index contributed by atoms with van der Waals surface area (Å²) in [6.07, 6.45) is 0. The number of fused-ring (bicyclic) bond motifs is 1. The van der Waals surface area contributed by atoms with Crippen LogP contribution in [0.1, 0.15) is 24.2 Å². The fourth-order valence-corrected chi connectivity index (χ4v) is 3.69. The lowest BCUT2D eigenvalue weighted by Gasteiger charge is -2.06. The topological polar surface area (TPSA) is 90.4 Å². The quantitative estimate of drug-likeness (QED) is 0.417. The van der Waals surface area contributed by atoms with E-state index in [2.05, 4.69) is 15.5 Å². The van der Waals surface area contributed by atoms with Gasteiger partial charge in [0.1, 0.15) is 0 Å². The minimum Gasteiger partial charge on any atom is -0.490 e. The summed E-state index contributed by atoms with van der Waals surface area (Å²) in [6.45, 7) is 4.48. The molecule has 0 radical (unpaired) electrons. The Hall–Kier alpha value is -3.26. The van der Waals surface area contributed by atoms with E-state index >= 15 is 0 Å². The molecule has 4 rings (SSSR count). The number of ether oxygens (including phenoxy) is 1. The van der Waals surface area contributed by atoms with E-state index in [4.69, 9.17) is 13.6 Å². The van der Waals surface area contributed by atoms with E-state index in [-0.39, 0.29) is 17.8 Å². The van der Waals surface area contributed by atoms with Gasteiger partial charge in [-0.3, -0.25) is 10.1 Å². The number of thioether (sulfide) groups is 1. The zero-order valence-corrected chi connectivity index (χ0v) is 16.8. The molecule has 0 aliphatic heterocycles. The molecule has 8 heteroatoms. The Kier molecular flexibility index (Phi) is 5.53. The maximum Gasteiger partial charge on any atom is 0.322 e. The van der Waals surface area contributed by atoms with E-state index in [0.29, 0.717) is 29.3 Å². The van der Waals surface area contributed by atoms with Gasteiger partial charge in [0.15, 0.2) is 17.1 Å². The van der Waals surface area contributed by atoms with Crippen LogP contribution in [0, 0.1) is 0 Å². The van der Waals surface area contributed by atoms with Crippen molar-refractivity contribution in [1.82, 2.24) is 10.2 Å². The molecule has 2 aromatic carbocycles. The van der Waals surface area contributed by atoms with Crippen molar-refractivity contribution >= 4 is 34.7 Å². The molecule has 29 heavy (non-hydrogen) atoms. The summed E-state index contributed by atoms with van der Waals surface area (Å²) in [7, 11) is 0. The first-order valence-corrected chi connectivity index (χ1v) is 10.2. The summed E-state index contributed by atoms with van der Waals surface area (Å²) in [6, 6.07) is 14.8. The molecule has 148 valence electrons. The summed E-state index contributed by atoms with van der Waals surface area (Å²) in [5.74, 6) is 1.79. The zero-order chi connectivity index (χ0) is 20.2. The second kappa shape index (κ2) is 8.40. The molecule has 4 aromatic rings. The Balaban J connectivity index is 1.57. The second-order valence-electron chi connectivity index (χ2n) is 6.01. The first kappa shape index (κ1) is 19.1. The Morgan fingerprint density at radius 3 is 2.79 bits per heavy atom. The Morgan fingerprint density at radius 2 is 1.97 bits per heavy atom. The van der Waals surface area contributed by atoms with Crippen LogP contribution >= 0.6 is 11.8 Å². The van der Waals surface area contributed by atoms with Crippen LogP contribution in [0.25, 0.3) is 22.6 Å². The Bertz CT molecular complexity index is 1150. The molecule has 0 atom stereocenters. The Labute approximate surface area is 171 Å². The first-order valence-electron chi connectivity index (χ1n) is 9.22. The van der Waals surface area contributed by atoms with Crippen LogP contribution in [-0.2, 0) is 0 Å². The van der Waals surface area contributed by atoms with Crippen molar-refractivity contribution in [3.63, 3.8) is 0 Å². The van der Waals surface area contributed by atoms with Crippen molar-refractivity contribution in [3.8, 4) is 17.4 Å². The highest BCUT2D eigenvalue weighted by Crippen LogP contribution is 2.33. The molecule has 0 aliphatic rings. The molecule has 2 aromatic heterocycles. The number of amides is 1. The van der Waals surface area contributed by atoms with E-state index in [1.807, 2.05) is 50.2 Å². The third-order valence-corrected chi connectivity index (χ3v) is 5.05. The van der Waals surface area contributed by atoms with Crippen LogP contribution in [0.4, 0.5) is 6.01 Å². The number of nitrogens with one attached hydrogen (secondary N) is 1. The maximum atomic E-state index is 12.6. The highest BCUT2D eigenvalue weighted by Gasteiger charge is 2.18. The largest absolute Gasteiger partial charge is 0.490 e. The molecule has 1 N–H and O–H groups in total. The maximum absolute atomic E-state index is 12.6. The minimum atomic E-state index is -0.306. The lowest BCUT2D eigenvalue weighted by Crippen LogP contribution is -2.13. The molecule has 0 saturated heterocycles. The molecule has 0 saturated carbocycles. The molecule has 0 aliphatic carbocycles. The average molecular weight is 409 g/mol. The predicted octanol–water partition coefficient (Wildman–Crippen LogP) is 5.25. The first-order chi connectivity index (χ1) is 14.2. The Morgan fingerprint density at radius 1 is 1.10 bits per heavy atom. The van der Waals surface area contributed by atoms with Crippen molar-refractivity contribution in [1.29, 1.82) is 0 Å². The van der Waals surface area contributed by atoms with Crippen LogP contribution in [0.2, 0.25) is 0 Å². The number of benzene rings is 2. The summed E-state index contributed by atoms with van der Waals surface area (Å²) < 4.78 is 17.0. The molecule has 0 spiro atoms. The number of carbonyl (C=O) groups excluding carboxylic acids is 1. The number of aromatic nitrogens is 2. The van der Waals surface area contributed by atoms with Gasteiger partial charge in [-0.15, -0.1) is 16.9 Å². The number of nitrogens with zero attached hydrogens (tertiary/aromatic N) is 2. The molecule has 7 nitrogen and oxygen atoms in total. The monoisotopic (exact) mass is 409 g/mol. The zero-order valence-electron chi connectivity index (χ0n) is 16.0. The van der Waals surface area contributed by atoms with Crippen molar-refractivity contribution in [2.24, 2.45) is 0 Å². The minimum absolute atomic E-state index is 0.00629. The highest BCUT2D eigenvalue weighted by atomic mass is 32.2. The number of anilines is 1. The van der Waals surface area contributed by atoms with Crippen LogP contribution < -0.4 is 10.1 Å². The fourth-order valence-electron chi connectivity index (χ4n) is 2.88. The van der Waals surface area contributed by atoms with Crippen molar-refractivity contribution in [3.05, 3.63) is 54.1 Å². The molecular formula is C21H19N3O4S. The molecule has 0 bridgehead atoms. The van der Waals surface area contributed by atoms with Gasteiger partial charge >= 0.3 is 6.01 Å². The predicted molar refractivity (Wildman–Crippen MR) is 111 cm³/mol. The van der Waals surface area contributed by atoms with E-state index in [0.717, 1.165) is 16.0 Å². The number of hydrogen-bond donors (Lipinski definition) is 1. The van der Waals surface area contributed by atoms with Gasteiger partial charge in [0.2, 0.25) is 0 Å². The van der Waals surface area contributed by atoms with Crippen LogP contribution in [0.5, 0.6) is 5.75 Å². The van der Waals surface area contributed by atoms with Gasteiger partial charge in [-0.25, -0.2) is 0 Å². The standard InChI is InChI=1S/C21H19N3O4S/c1-3-26-15-10-7-8-13-12-16(27-18(13)15)20-23-24-21(28-20)22-19(25)14-9-5-6-11-17(14)29-4-2/h5-12H,3-4H2,1-2H3,(H,22,24,25). The molecule has 2 heterocycles. The third-order valence-electron chi connectivity index (χ3n) is 4.10. The van der Waals surface area contributed by atoms with Crippen LogP contribution in [0.3, 0.4) is 0 Å². The lowest BCUT2D eigenvalue weighted by atomic mass is 10.2. The van der Waals surface area contributed by atoms with Crippen LogP contribution in [0.15, 0.2) is 62.3 Å². The number of para-hydroxylation sites is 1. The lowest BCUT2D eigenvalue weighted by molar-refractivity contribution is 0.102. The van der Waals surface area contributed by atoms with E-state index in [9.17, 15) is 4.79 Å². The van der Waals surface area contributed by atoms with Gasteiger partial charge in [-0.2, -0.15) is 0 Å². The number of furan rings is 1. The van der Waals surface area contributed by atoms with Crippen molar-refractivity contribution in [2.45, 2.75) is 18.7 Å².